The number of ketones is 1. The molecule has 2 aliphatic rings. The van der Waals surface area contributed by atoms with E-state index in [1.807, 2.05) is 0 Å². The van der Waals surface area contributed by atoms with Crippen molar-refractivity contribution in [2.24, 2.45) is 16.6 Å². The summed E-state index contributed by atoms with van der Waals surface area (Å²) in [7, 11) is -4.11. The number of hydrogen-bond acceptors (Lipinski definition) is 7. The molecule has 0 aromatic carbocycles. The molecule has 1 fully saturated rings. The molecule has 28 heavy (non-hydrogen) atoms. The fourth-order valence-electron chi connectivity index (χ4n) is 3.03. The SMILES string of the molecule is CC(CCC(=O)NC1CCCN(S(=O)(=O)C2=NC=CCC2=O)C[C@@H]1O)C(N)=O. The Labute approximate surface area is 163 Å². The lowest BCUT2D eigenvalue weighted by atomic mass is 10.0. The highest BCUT2D eigenvalue weighted by Gasteiger charge is 2.37. The van der Waals surface area contributed by atoms with E-state index < -0.39 is 44.8 Å². The van der Waals surface area contributed by atoms with Crippen molar-refractivity contribution in [3.63, 3.8) is 0 Å². The van der Waals surface area contributed by atoms with Crippen LogP contribution < -0.4 is 11.1 Å². The number of amides is 2. The van der Waals surface area contributed by atoms with Gasteiger partial charge < -0.3 is 16.2 Å². The molecule has 2 amide bonds. The molecule has 0 aliphatic carbocycles. The van der Waals surface area contributed by atoms with Gasteiger partial charge in [-0.15, -0.1) is 0 Å². The highest BCUT2D eigenvalue weighted by Crippen LogP contribution is 2.18. The summed E-state index contributed by atoms with van der Waals surface area (Å²) < 4.78 is 26.5. The molecule has 1 saturated heterocycles. The Morgan fingerprint density at radius 2 is 2.18 bits per heavy atom. The van der Waals surface area contributed by atoms with Gasteiger partial charge in [-0.25, -0.2) is 13.4 Å². The van der Waals surface area contributed by atoms with Gasteiger partial charge in [0, 0.05) is 38.0 Å². The number of nitrogens with two attached hydrogens (primary N) is 1. The van der Waals surface area contributed by atoms with Gasteiger partial charge in [0.1, 0.15) is 0 Å². The van der Waals surface area contributed by atoms with Gasteiger partial charge in [0.15, 0.2) is 5.78 Å². The first kappa shape index (κ1) is 22.2. The molecule has 2 rings (SSSR count). The topological polar surface area (TPSA) is 159 Å². The Bertz CT molecular complexity index is 791. The van der Waals surface area contributed by atoms with E-state index in [2.05, 4.69) is 10.3 Å². The Balaban J connectivity index is 1.99. The number of allylic oxidation sites excluding steroid dienone is 1. The van der Waals surface area contributed by atoms with Crippen LogP contribution in [0.1, 0.15) is 39.0 Å². The Morgan fingerprint density at radius 3 is 2.82 bits per heavy atom. The van der Waals surface area contributed by atoms with Crippen molar-refractivity contribution in [2.45, 2.75) is 51.2 Å². The number of primary amides is 1. The minimum absolute atomic E-state index is 0.0309. The highest BCUT2D eigenvalue weighted by atomic mass is 32.2. The number of rotatable bonds is 6. The summed E-state index contributed by atoms with van der Waals surface area (Å²) in [6.45, 7) is 1.49. The lowest BCUT2D eigenvalue weighted by Crippen LogP contribution is -2.48. The molecule has 11 heteroatoms. The maximum absolute atomic E-state index is 12.7. The number of aliphatic hydroxyl groups excluding tert-OH is 1. The minimum atomic E-state index is -4.11. The number of aliphatic hydroxyl groups is 1. The Kier molecular flexibility index (Phi) is 7.44. The van der Waals surface area contributed by atoms with Crippen molar-refractivity contribution in [1.29, 1.82) is 0 Å². The van der Waals surface area contributed by atoms with Crippen molar-refractivity contribution in [3.8, 4) is 0 Å². The molecule has 10 nitrogen and oxygen atoms in total. The maximum Gasteiger partial charge on any atom is 0.264 e. The summed E-state index contributed by atoms with van der Waals surface area (Å²) in [6, 6.07) is -0.625. The van der Waals surface area contributed by atoms with Gasteiger partial charge in [-0.3, -0.25) is 14.4 Å². The number of hydrogen-bond donors (Lipinski definition) is 3. The average molecular weight is 414 g/mol. The van der Waals surface area contributed by atoms with Crippen molar-refractivity contribution < 1.29 is 27.9 Å². The van der Waals surface area contributed by atoms with Gasteiger partial charge >= 0.3 is 0 Å². The molecule has 3 atom stereocenters. The maximum atomic E-state index is 12.7. The number of nitrogens with zero attached hydrogens (tertiary/aromatic N) is 2. The molecule has 2 unspecified atom stereocenters. The van der Waals surface area contributed by atoms with Crippen molar-refractivity contribution in [3.05, 3.63) is 12.3 Å². The van der Waals surface area contributed by atoms with Crippen molar-refractivity contribution in [1.82, 2.24) is 9.62 Å². The molecular weight excluding hydrogens is 388 g/mol. The normalized spacial score (nSPS) is 24.9. The fourth-order valence-corrected chi connectivity index (χ4v) is 4.56. The first-order chi connectivity index (χ1) is 13.1. The summed E-state index contributed by atoms with van der Waals surface area (Å²) in [6.07, 6.45) is 2.73. The molecule has 0 aromatic rings. The fraction of sp³-hybridized carbons (Fsp3) is 0.647. The second-order valence-electron chi connectivity index (χ2n) is 7.04. The molecular formula is C17H26N4O6S. The van der Waals surface area contributed by atoms with Crippen LogP contribution in [-0.4, -0.2) is 65.7 Å². The molecule has 0 bridgehead atoms. The predicted octanol–water partition coefficient (Wildman–Crippen LogP) is -0.956. The van der Waals surface area contributed by atoms with Crippen LogP contribution >= 0.6 is 0 Å². The molecule has 156 valence electrons. The molecule has 4 N–H and O–H groups in total. The van der Waals surface area contributed by atoms with E-state index in [0.717, 1.165) is 4.31 Å². The third-order valence-electron chi connectivity index (χ3n) is 4.84. The highest BCUT2D eigenvalue weighted by molar-refractivity contribution is 8.06. The van der Waals surface area contributed by atoms with Gasteiger partial charge in [-0.2, -0.15) is 4.31 Å². The van der Waals surface area contributed by atoms with Gasteiger partial charge in [-0.05, 0) is 19.3 Å². The molecule has 2 aliphatic heterocycles. The number of aliphatic imine (C=N–C) groups is 1. The van der Waals surface area contributed by atoms with E-state index >= 15 is 0 Å². The quantitative estimate of drug-likeness (QED) is 0.508. The summed E-state index contributed by atoms with van der Waals surface area (Å²) in [5, 5.41) is 12.6. The smallest absolute Gasteiger partial charge is 0.264 e. The Morgan fingerprint density at radius 1 is 1.46 bits per heavy atom. The van der Waals surface area contributed by atoms with E-state index in [4.69, 9.17) is 5.73 Å². The van der Waals surface area contributed by atoms with Crippen molar-refractivity contribution in [2.75, 3.05) is 13.1 Å². The first-order valence-electron chi connectivity index (χ1n) is 9.16. The minimum Gasteiger partial charge on any atom is -0.390 e. The van der Waals surface area contributed by atoms with Gasteiger partial charge in [0.05, 0.1) is 12.1 Å². The molecule has 2 heterocycles. The van der Waals surface area contributed by atoms with Gasteiger partial charge in [0.25, 0.3) is 10.0 Å². The number of carbonyl (C=O) groups is 3. The standard InChI is InChI=1S/C17H26N4O6S/c1-11(16(18)25)6-7-15(24)20-12-4-3-9-21(10-14(12)23)28(26,27)17-13(22)5-2-8-19-17/h2,8,11-12,14,23H,3-7,9-10H2,1H3,(H2,18,25)(H,20,24)/t11?,12?,14-/m0/s1. The third-order valence-corrected chi connectivity index (χ3v) is 6.67. The van der Waals surface area contributed by atoms with Crippen LogP contribution in [0.5, 0.6) is 0 Å². The number of sulfonamides is 1. The van der Waals surface area contributed by atoms with E-state index in [1.54, 1.807) is 6.92 Å². The van der Waals surface area contributed by atoms with E-state index in [0.29, 0.717) is 19.3 Å². The number of Topliss-reactive ketones (excluding diaryl/α,β-unsaturated/α-hetero) is 1. The summed E-state index contributed by atoms with van der Waals surface area (Å²) in [5.41, 5.74) is 5.17. The van der Waals surface area contributed by atoms with Crippen LogP contribution in [0.2, 0.25) is 0 Å². The van der Waals surface area contributed by atoms with Gasteiger partial charge in [0.2, 0.25) is 16.9 Å². The van der Waals surface area contributed by atoms with E-state index in [9.17, 15) is 27.9 Å². The second kappa shape index (κ2) is 9.39. The zero-order chi connectivity index (χ0) is 20.9. The zero-order valence-electron chi connectivity index (χ0n) is 15.7. The van der Waals surface area contributed by atoms with Crippen molar-refractivity contribution >= 4 is 32.7 Å². The number of nitrogens with one attached hydrogen (secondary N) is 1. The number of carbonyl (C=O) groups excluding carboxylic acids is 3. The molecule has 0 aromatic heterocycles. The largest absolute Gasteiger partial charge is 0.390 e. The van der Waals surface area contributed by atoms with Gasteiger partial charge in [-0.1, -0.05) is 13.0 Å². The van der Waals surface area contributed by atoms with Crippen LogP contribution in [0.3, 0.4) is 0 Å². The zero-order valence-corrected chi connectivity index (χ0v) is 16.5. The Hall–Kier alpha value is -2.11. The van der Waals surface area contributed by atoms with Crippen LogP contribution in [0, 0.1) is 5.92 Å². The molecule has 0 saturated carbocycles. The third kappa shape index (κ3) is 5.46. The number of β-amino-alcohol motifs (C(OH)–C–C–N with tert-alkyl or cyclic N) is 1. The molecule has 0 radical (unpaired) electrons. The second-order valence-corrected chi connectivity index (χ2v) is 8.89. The van der Waals surface area contributed by atoms with Crippen LogP contribution in [0.25, 0.3) is 0 Å². The first-order valence-corrected chi connectivity index (χ1v) is 10.6. The monoisotopic (exact) mass is 414 g/mol. The van der Waals surface area contributed by atoms with Crippen LogP contribution in [-0.2, 0) is 24.4 Å². The van der Waals surface area contributed by atoms with E-state index in [1.165, 1.54) is 12.3 Å². The predicted molar refractivity (Wildman–Crippen MR) is 101 cm³/mol. The van der Waals surface area contributed by atoms with E-state index in [-0.39, 0.29) is 31.8 Å². The summed E-state index contributed by atoms with van der Waals surface area (Å²) >= 11 is 0. The van der Waals surface area contributed by atoms with Crippen LogP contribution in [0.4, 0.5) is 0 Å². The lowest BCUT2D eigenvalue weighted by molar-refractivity contribution is -0.124. The van der Waals surface area contributed by atoms with Crippen LogP contribution in [0.15, 0.2) is 17.3 Å². The summed E-state index contributed by atoms with van der Waals surface area (Å²) in [5.74, 6) is -1.86. The molecule has 0 spiro atoms. The average Bonchev–Trinajstić information content (AvgIpc) is 2.82. The summed E-state index contributed by atoms with van der Waals surface area (Å²) in [4.78, 5) is 38.7. The lowest BCUT2D eigenvalue weighted by Gasteiger charge is -2.25.